The Morgan fingerprint density at radius 1 is 1.15 bits per heavy atom. The summed E-state index contributed by atoms with van der Waals surface area (Å²) in [5, 5.41) is 13.6. The van der Waals surface area contributed by atoms with Gasteiger partial charge in [0.15, 0.2) is 11.5 Å². The van der Waals surface area contributed by atoms with Gasteiger partial charge in [-0.3, -0.25) is 0 Å². The minimum atomic E-state index is 0.257. The first-order valence-corrected chi connectivity index (χ1v) is 7.61. The second-order valence-corrected chi connectivity index (χ2v) is 5.98. The van der Waals surface area contributed by atoms with Crippen LogP contribution in [0.2, 0.25) is 0 Å². The van der Waals surface area contributed by atoms with E-state index >= 15 is 0 Å². The van der Waals surface area contributed by atoms with E-state index in [2.05, 4.69) is 33.0 Å². The van der Waals surface area contributed by atoms with E-state index in [0.29, 0.717) is 36.7 Å². The first-order valence-electron chi connectivity index (χ1n) is 7.61. The number of hydrogen-bond donors (Lipinski definition) is 2. The third kappa shape index (κ3) is 4.71. The van der Waals surface area contributed by atoms with Crippen LogP contribution < -0.4 is 10.1 Å². The number of ether oxygens (including phenoxy) is 1. The SMILES string of the molecule is CCOc1cccc(CNCC(C(C)C)C(C)C)c1O. The van der Waals surface area contributed by atoms with Gasteiger partial charge in [0.25, 0.3) is 0 Å². The van der Waals surface area contributed by atoms with Crippen molar-refractivity contribution >= 4 is 0 Å². The van der Waals surface area contributed by atoms with E-state index in [1.165, 1.54) is 0 Å². The molecule has 1 rings (SSSR count). The lowest BCUT2D eigenvalue weighted by molar-refractivity contribution is 0.274. The number of para-hydroxylation sites is 1. The van der Waals surface area contributed by atoms with Crippen LogP contribution in [0.3, 0.4) is 0 Å². The van der Waals surface area contributed by atoms with E-state index in [1.54, 1.807) is 6.07 Å². The maximum absolute atomic E-state index is 10.1. The second kappa shape index (κ2) is 8.15. The molecule has 0 heterocycles. The molecule has 20 heavy (non-hydrogen) atoms. The highest BCUT2D eigenvalue weighted by atomic mass is 16.5. The monoisotopic (exact) mass is 279 g/mol. The zero-order valence-corrected chi connectivity index (χ0v) is 13.4. The van der Waals surface area contributed by atoms with Crippen LogP contribution in [0.1, 0.15) is 40.2 Å². The van der Waals surface area contributed by atoms with Crippen molar-refractivity contribution in [3.8, 4) is 11.5 Å². The van der Waals surface area contributed by atoms with Crippen molar-refractivity contribution in [2.24, 2.45) is 17.8 Å². The van der Waals surface area contributed by atoms with Crippen LogP contribution in [0.15, 0.2) is 18.2 Å². The summed E-state index contributed by atoms with van der Waals surface area (Å²) >= 11 is 0. The number of aromatic hydroxyl groups is 1. The lowest BCUT2D eigenvalue weighted by atomic mass is 9.85. The van der Waals surface area contributed by atoms with E-state index < -0.39 is 0 Å². The Bertz CT molecular complexity index is 394. The zero-order valence-electron chi connectivity index (χ0n) is 13.4. The van der Waals surface area contributed by atoms with Crippen molar-refractivity contribution in [2.45, 2.75) is 41.2 Å². The average Bonchev–Trinajstić information content (AvgIpc) is 2.38. The molecule has 0 unspecified atom stereocenters. The number of hydrogen-bond acceptors (Lipinski definition) is 3. The molecule has 0 atom stereocenters. The van der Waals surface area contributed by atoms with Crippen molar-refractivity contribution < 1.29 is 9.84 Å². The second-order valence-electron chi connectivity index (χ2n) is 5.98. The van der Waals surface area contributed by atoms with E-state index in [4.69, 9.17) is 4.74 Å². The highest BCUT2D eigenvalue weighted by molar-refractivity contribution is 5.45. The van der Waals surface area contributed by atoms with Crippen LogP contribution in [0, 0.1) is 17.8 Å². The van der Waals surface area contributed by atoms with Gasteiger partial charge in [-0.2, -0.15) is 0 Å². The van der Waals surface area contributed by atoms with Crippen molar-refractivity contribution in [3.63, 3.8) is 0 Å². The Morgan fingerprint density at radius 3 is 2.35 bits per heavy atom. The van der Waals surface area contributed by atoms with Crippen molar-refractivity contribution in [1.29, 1.82) is 0 Å². The van der Waals surface area contributed by atoms with Crippen LogP contribution in [-0.4, -0.2) is 18.3 Å². The third-order valence-electron chi connectivity index (χ3n) is 3.79. The van der Waals surface area contributed by atoms with Crippen molar-refractivity contribution in [3.05, 3.63) is 23.8 Å². The Balaban J connectivity index is 2.59. The van der Waals surface area contributed by atoms with Gasteiger partial charge >= 0.3 is 0 Å². The standard InChI is InChI=1S/C17H29NO2/c1-6-20-16-9-7-8-14(17(16)19)10-18-11-15(12(2)3)13(4)5/h7-9,12-13,15,18-19H,6,10-11H2,1-5H3. The average molecular weight is 279 g/mol. The highest BCUT2D eigenvalue weighted by Gasteiger charge is 2.17. The van der Waals surface area contributed by atoms with Gasteiger partial charge in [-0.05, 0) is 37.3 Å². The van der Waals surface area contributed by atoms with Crippen LogP contribution >= 0.6 is 0 Å². The molecule has 0 bridgehead atoms. The number of phenols is 1. The molecule has 0 spiro atoms. The lowest BCUT2D eigenvalue weighted by Crippen LogP contribution is -2.29. The van der Waals surface area contributed by atoms with Gasteiger partial charge in [-0.25, -0.2) is 0 Å². The zero-order chi connectivity index (χ0) is 15.1. The Hall–Kier alpha value is -1.22. The Kier molecular flexibility index (Phi) is 6.86. The van der Waals surface area contributed by atoms with Crippen LogP contribution in [-0.2, 0) is 6.54 Å². The van der Waals surface area contributed by atoms with Crippen LogP contribution in [0.25, 0.3) is 0 Å². The molecule has 0 saturated carbocycles. The molecular formula is C17H29NO2. The van der Waals surface area contributed by atoms with E-state index in [0.717, 1.165) is 12.1 Å². The molecule has 3 heteroatoms. The van der Waals surface area contributed by atoms with E-state index in [9.17, 15) is 5.11 Å². The summed E-state index contributed by atoms with van der Waals surface area (Å²) in [7, 11) is 0. The summed E-state index contributed by atoms with van der Waals surface area (Å²) in [6.07, 6.45) is 0. The van der Waals surface area contributed by atoms with Gasteiger partial charge in [0.05, 0.1) is 6.61 Å². The molecule has 0 saturated heterocycles. The number of nitrogens with one attached hydrogen (secondary N) is 1. The molecular weight excluding hydrogens is 250 g/mol. The maximum Gasteiger partial charge on any atom is 0.162 e. The smallest absolute Gasteiger partial charge is 0.162 e. The third-order valence-corrected chi connectivity index (χ3v) is 3.79. The highest BCUT2D eigenvalue weighted by Crippen LogP contribution is 2.29. The van der Waals surface area contributed by atoms with Crippen LogP contribution in [0.5, 0.6) is 11.5 Å². The summed E-state index contributed by atoms with van der Waals surface area (Å²) in [6, 6.07) is 5.65. The lowest BCUT2D eigenvalue weighted by Gasteiger charge is -2.25. The summed E-state index contributed by atoms with van der Waals surface area (Å²) < 4.78 is 5.40. The summed E-state index contributed by atoms with van der Waals surface area (Å²) in [4.78, 5) is 0. The van der Waals surface area contributed by atoms with Gasteiger partial charge in [0.2, 0.25) is 0 Å². The van der Waals surface area contributed by atoms with Gasteiger partial charge in [-0.1, -0.05) is 39.8 Å². The predicted molar refractivity (Wildman–Crippen MR) is 84.1 cm³/mol. The molecule has 3 nitrogen and oxygen atoms in total. The normalized spacial score (nSPS) is 11.6. The minimum Gasteiger partial charge on any atom is -0.504 e. The molecule has 114 valence electrons. The summed E-state index contributed by atoms with van der Waals surface area (Å²) in [5.74, 6) is 2.78. The number of benzene rings is 1. The molecule has 0 aliphatic rings. The summed E-state index contributed by atoms with van der Waals surface area (Å²) in [5.41, 5.74) is 0.891. The number of rotatable bonds is 8. The molecule has 0 aromatic heterocycles. The van der Waals surface area contributed by atoms with Crippen molar-refractivity contribution in [1.82, 2.24) is 5.32 Å². The molecule has 0 aliphatic carbocycles. The molecule has 0 amide bonds. The largest absolute Gasteiger partial charge is 0.504 e. The molecule has 0 aliphatic heterocycles. The molecule has 0 fully saturated rings. The minimum absolute atomic E-state index is 0.257. The van der Waals surface area contributed by atoms with E-state index in [-0.39, 0.29) is 5.75 Å². The fourth-order valence-electron chi connectivity index (χ4n) is 2.60. The van der Waals surface area contributed by atoms with Crippen LogP contribution in [0.4, 0.5) is 0 Å². The fourth-order valence-corrected chi connectivity index (χ4v) is 2.60. The Morgan fingerprint density at radius 2 is 1.80 bits per heavy atom. The first-order chi connectivity index (χ1) is 9.47. The fraction of sp³-hybridized carbons (Fsp3) is 0.647. The van der Waals surface area contributed by atoms with Gasteiger partial charge in [-0.15, -0.1) is 0 Å². The van der Waals surface area contributed by atoms with E-state index in [1.807, 2.05) is 19.1 Å². The molecule has 1 aromatic carbocycles. The number of phenolic OH excluding ortho intramolecular Hbond substituents is 1. The topological polar surface area (TPSA) is 41.5 Å². The van der Waals surface area contributed by atoms with Gasteiger partial charge < -0.3 is 15.2 Å². The first kappa shape index (κ1) is 16.8. The Labute approximate surface area is 123 Å². The van der Waals surface area contributed by atoms with Crippen molar-refractivity contribution in [2.75, 3.05) is 13.2 Å². The molecule has 0 radical (unpaired) electrons. The predicted octanol–water partition coefficient (Wildman–Crippen LogP) is 3.81. The summed E-state index contributed by atoms with van der Waals surface area (Å²) in [6.45, 7) is 13.2. The van der Waals surface area contributed by atoms with Gasteiger partial charge in [0.1, 0.15) is 0 Å². The quantitative estimate of drug-likeness (QED) is 0.760. The van der Waals surface area contributed by atoms with Gasteiger partial charge in [0, 0.05) is 12.1 Å². The molecule has 1 aromatic rings. The maximum atomic E-state index is 10.1. The molecule has 2 N–H and O–H groups in total.